The van der Waals surface area contributed by atoms with E-state index in [1.54, 1.807) is 12.1 Å². The number of nitrogens with one attached hydrogen (secondary N) is 12. The van der Waals surface area contributed by atoms with Gasteiger partial charge in [0.05, 0.1) is 22.8 Å². The summed E-state index contributed by atoms with van der Waals surface area (Å²) in [5.74, 6) is -0.116. The van der Waals surface area contributed by atoms with E-state index in [0.29, 0.717) is 10.0 Å². The minimum Gasteiger partial charge on any atom is -0.356 e. The number of hydrogen-bond acceptors (Lipinski definition) is 8. The summed E-state index contributed by atoms with van der Waals surface area (Å²) in [7, 11) is 0. The second-order valence-corrected chi connectivity index (χ2v) is 29.5. The van der Waals surface area contributed by atoms with Gasteiger partial charge >= 0.3 is 0 Å². The Balaban J connectivity index is 0.0000000982. The van der Waals surface area contributed by atoms with Crippen LogP contribution in [0.3, 0.4) is 0 Å². The van der Waals surface area contributed by atoms with Gasteiger partial charge in [0, 0.05) is 127 Å². The van der Waals surface area contributed by atoms with Crippen LogP contribution in [0.2, 0.25) is 10.0 Å². The van der Waals surface area contributed by atoms with Crippen molar-refractivity contribution in [3.05, 3.63) is 257 Å². The summed E-state index contributed by atoms with van der Waals surface area (Å²) in [5, 5.41) is 32.6. The smallest absolute Gasteiger partial charge is 0.255 e. The van der Waals surface area contributed by atoms with E-state index in [-0.39, 0.29) is 47.8 Å². The number of benzene rings is 8. The summed E-state index contributed by atoms with van der Waals surface area (Å²) in [6.07, 6.45) is 5.67. The van der Waals surface area contributed by atoms with Crippen LogP contribution in [0.5, 0.6) is 0 Å². The molecule has 4 aromatic heterocycles. The van der Waals surface area contributed by atoms with E-state index in [1.165, 1.54) is 43.8 Å². The fourth-order valence-corrected chi connectivity index (χ4v) is 17.9. The molecule has 4 spiro atoms. The van der Waals surface area contributed by atoms with Crippen molar-refractivity contribution in [2.24, 2.45) is 0 Å². The first-order chi connectivity index (χ1) is 47.4. The first-order valence-electron chi connectivity index (χ1n) is 33.7. The zero-order chi connectivity index (χ0) is 67.3. The molecular weight excluding hydrogens is 1330 g/mol. The molecule has 0 bridgehead atoms. The van der Waals surface area contributed by atoms with Crippen molar-refractivity contribution < 1.29 is 19.2 Å². The third-order valence-corrected chi connectivity index (χ3v) is 22.3. The third-order valence-electron chi connectivity index (χ3n) is 21.4. The third kappa shape index (κ3) is 9.37. The summed E-state index contributed by atoms with van der Waals surface area (Å²) in [6.45, 7) is 10.6. The second-order valence-electron chi connectivity index (χ2n) is 27.7. The van der Waals surface area contributed by atoms with Crippen molar-refractivity contribution in [3.8, 4) is 0 Å². The Morgan fingerprint density at radius 3 is 1.06 bits per heavy atom. The molecule has 16 nitrogen and oxygen atoms in total. The number of hydrogen-bond donors (Lipinski definition) is 12. The standard InChI is InChI=1S/C21H21N3O.C20H18BrN3O.2C19H16ClN3O/c1-12-7-10-18-16(11-12)21(20(25)23-18)19-15(9-8-13(2)24-21)14-5-3-4-6-17(14)22-19;1-11-6-8-14-13-4-2-3-5-16(13)22-18(14)20(24-11)15-10-12(21)7-9-17(15)23-19(20)25;2*1-10-8-13-12-4-2-3-5-15(12)21-17(13)19(23-10)14-9-11(20)6-7-16(14)22-18(19)24/h3-7,10-11,13,22,24H,8-9H2,1-2H3,(H,23,25);2-5,7,9-11,22,24H,6,8H2,1H3,(H,23,25);2*2-7,9-10,21,23H,8H2,1H3,(H,22,24)/t13-,21-;11-,20+;10-,19+;10-,19-/m1001/s1. The van der Waals surface area contributed by atoms with Gasteiger partial charge in [-0.3, -0.25) is 40.4 Å². The number of carbonyl (C=O) groups excluding carboxylic acids is 4. The zero-order valence-corrected chi connectivity index (χ0v) is 57.6. The first kappa shape index (κ1) is 62.2. The number of aromatic nitrogens is 4. The molecule has 12 N–H and O–H groups in total. The molecule has 12 aromatic rings. The Labute approximate surface area is 583 Å². The van der Waals surface area contributed by atoms with Gasteiger partial charge in [-0.05, 0) is 180 Å². The molecule has 8 atom stereocenters. The Kier molecular flexibility index (Phi) is 14.7. The van der Waals surface area contributed by atoms with Gasteiger partial charge in [0.25, 0.3) is 23.6 Å². The number of H-pyrrole nitrogens is 4. The fraction of sp³-hybridized carbons (Fsp3) is 0.241. The van der Waals surface area contributed by atoms with Crippen LogP contribution in [0.4, 0.5) is 22.7 Å². The van der Waals surface area contributed by atoms with E-state index < -0.39 is 22.2 Å². The lowest BCUT2D eigenvalue weighted by Gasteiger charge is -2.37. The van der Waals surface area contributed by atoms with Crippen LogP contribution in [0, 0.1) is 6.92 Å². The van der Waals surface area contributed by atoms with Crippen LogP contribution in [0.25, 0.3) is 43.6 Å². The van der Waals surface area contributed by atoms with Crippen LogP contribution in [-0.2, 0) is 67.0 Å². The highest BCUT2D eigenvalue weighted by atomic mass is 79.9. The van der Waals surface area contributed by atoms with Crippen molar-refractivity contribution >= 4 is 129 Å². The van der Waals surface area contributed by atoms with Crippen LogP contribution >= 0.6 is 39.1 Å². The lowest BCUT2D eigenvalue weighted by molar-refractivity contribution is -0.121. The number of aryl methyl sites for hydroxylation is 3. The molecular formula is C79H71BrCl2N12O4. The van der Waals surface area contributed by atoms with E-state index in [4.69, 9.17) is 23.2 Å². The molecule has 0 unspecified atom stereocenters. The van der Waals surface area contributed by atoms with Gasteiger partial charge in [0.2, 0.25) is 0 Å². The molecule has 19 heteroatoms. The van der Waals surface area contributed by atoms with Crippen molar-refractivity contribution in [1.29, 1.82) is 0 Å². The Morgan fingerprint density at radius 2 is 0.673 bits per heavy atom. The van der Waals surface area contributed by atoms with Crippen molar-refractivity contribution in [2.45, 2.75) is 119 Å². The minimum absolute atomic E-state index is 0.00894. The number of rotatable bonds is 0. The molecule has 0 saturated carbocycles. The van der Waals surface area contributed by atoms with Gasteiger partial charge in [-0.2, -0.15) is 0 Å². The van der Waals surface area contributed by atoms with Gasteiger partial charge in [-0.1, -0.05) is 130 Å². The molecule has 0 radical (unpaired) electrons. The first-order valence-corrected chi connectivity index (χ1v) is 35.2. The van der Waals surface area contributed by atoms with Crippen LogP contribution < -0.4 is 42.5 Å². The Hall–Kier alpha value is -9.30. The number of amides is 4. The average molecular weight is 1400 g/mol. The normalized spacial score (nSPS) is 24.9. The summed E-state index contributed by atoms with van der Waals surface area (Å²) < 4.78 is 0.971. The van der Waals surface area contributed by atoms with Crippen molar-refractivity contribution in [3.63, 3.8) is 0 Å². The predicted octanol–water partition coefficient (Wildman–Crippen LogP) is 14.7. The van der Waals surface area contributed by atoms with E-state index in [0.717, 1.165) is 138 Å². The average Bonchev–Trinajstić information content (AvgIpc) is 1.54. The van der Waals surface area contributed by atoms with E-state index >= 15 is 0 Å². The molecule has 20 rings (SSSR count). The quantitative estimate of drug-likeness (QED) is 0.0697. The van der Waals surface area contributed by atoms with Gasteiger partial charge < -0.3 is 41.2 Å². The number of para-hydroxylation sites is 4. The maximum Gasteiger partial charge on any atom is 0.255 e. The molecule has 0 aliphatic carbocycles. The molecule has 8 aliphatic heterocycles. The van der Waals surface area contributed by atoms with Crippen LogP contribution in [0.15, 0.2) is 174 Å². The fourth-order valence-electron chi connectivity index (χ4n) is 17.2. The summed E-state index contributed by atoms with van der Waals surface area (Å²) in [6, 6.07) is 57.2. The Bertz CT molecular complexity index is 5050. The second kappa shape index (κ2) is 23.2. The maximum absolute atomic E-state index is 13.3. The van der Waals surface area contributed by atoms with E-state index in [1.807, 2.05) is 91.0 Å². The molecule has 8 aliphatic rings. The van der Waals surface area contributed by atoms with E-state index in [9.17, 15) is 19.2 Å². The minimum atomic E-state index is -0.910. The molecule has 12 heterocycles. The predicted molar refractivity (Wildman–Crippen MR) is 393 cm³/mol. The molecule has 4 amide bonds. The largest absolute Gasteiger partial charge is 0.356 e. The van der Waals surface area contributed by atoms with Gasteiger partial charge in [-0.25, -0.2) is 0 Å². The molecule has 0 saturated heterocycles. The molecule has 0 fully saturated rings. The molecule has 98 heavy (non-hydrogen) atoms. The zero-order valence-electron chi connectivity index (χ0n) is 54.5. The number of anilines is 4. The monoisotopic (exact) mass is 1400 g/mol. The molecule has 8 aromatic carbocycles. The SMILES string of the molecule is C[C@@H]1Cc2c([nH]c3ccccc23)[C@@]2(N1)C(=O)Nc1ccc(Cl)cc12.C[C@H]1CCc2c([nH]c3ccccc23)[C@@]2(N1)C(=O)Nc1ccc(Br)cc12.C[C@H]1Cc2c([nH]c3ccccc23)[C@@]2(N1)C(=O)Nc1ccc(Cl)cc12.Cc1ccc2c(c1)[C@]1(N[C@H](C)CCc3c1[nH]c1ccccc31)C(=O)N2. The van der Waals surface area contributed by atoms with Gasteiger partial charge in [0.1, 0.15) is 0 Å². The van der Waals surface area contributed by atoms with Crippen LogP contribution in [-0.4, -0.2) is 67.7 Å². The highest BCUT2D eigenvalue weighted by molar-refractivity contribution is 9.10. The number of aromatic amines is 4. The highest BCUT2D eigenvalue weighted by Crippen LogP contribution is 2.52. The summed E-state index contributed by atoms with van der Waals surface area (Å²) >= 11 is 16.0. The highest BCUT2D eigenvalue weighted by Gasteiger charge is 2.57. The number of halogens is 3. The van der Waals surface area contributed by atoms with Gasteiger partial charge in [0.15, 0.2) is 22.2 Å². The maximum atomic E-state index is 13.3. The Morgan fingerprint density at radius 1 is 0.367 bits per heavy atom. The van der Waals surface area contributed by atoms with Crippen molar-refractivity contribution in [1.82, 2.24) is 41.2 Å². The lowest BCUT2D eigenvalue weighted by atomic mass is 9.80. The summed E-state index contributed by atoms with van der Waals surface area (Å²) in [4.78, 5) is 66.8. The lowest BCUT2D eigenvalue weighted by Crippen LogP contribution is -2.56. The van der Waals surface area contributed by atoms with E-state index in [2.05, 4.69) is 180 Å². The number of carbonyl (C=O) groups is 4. The van der Waals surface area contributed by atoms with Crippen molar-refractivity contribution in [2.75, 3.05) is 21.3 Å². The topological polar surface area (TPSA) is 228 Å². The van der Waals surface area contributed by atoms with Gasteiger partial charge in [-0.15, -0.1) is 0 Å². The van der Waals surface area contributed by atoms with Crippen LogP contribution in [0.1, 0.15) is 113 Å². The number of fused-ring (bicyclic) bond motifs is 24. The molecule has 492 valence electrons. The summed E-state index contributed by atoms with van der Waals surface area (Å²) in [5.41, 5.74) is 17.9.